The number of carbonyl (C=O) groups is 1. The van der Waals surface area contributed by atoms with Crippen molar-refractivity contribution in [3.63, 3.8) is 0 Å². The average Bonchev–Trinajstić information content (AvgIpc) is 2.60. The molecule has 0 bridgehead atoms. The van der Waals surface area contributed by atoms with Gasteiger partial charge in [-0.2, -0.15) is 0 Å². The zero-order valence-electron chi connectivity index (χ0n) is 8.80. The van der Waals surface area contributed by atoms with Crippen molar-refractivity contribution >= 4 is 31.9 Å². The Kier molecular flexibility index (Phi) is 4.69. The Morgan fingerprint density at radius 1 is 1.53 bits per heavy atom. The Balaban J connectivity index is 2.83. The topological polar surface area (TPSA) is 109 Å². The van der Waals surface area contributed by atoms with E-state index >= 15 is 0 Å². The van der Waals surface area contributed by atoms with E-state index in [1.165, 1.54) is 7.11 Å². The zero-order chi connectivity index (χ0) is 13.1. The van der Waals surface area contributed by atoms with Gasteiger partial charge < -0.3 is 13.9 Å². The van der Waals surface area contributed by atoms with Crippen molar-refractivity contribution in [2.75, 3.05) is 20.3 Å². The molecule has 0 amide bonds. The molecule has 1 aromatic rings. The maximum atomic E-state index is 11.4. The molecule has 2 N–H and O–H groups in total. The van der Waals surface area contributed by atoms with Crippen molar-refractivity contribution in [2.45, 2.75) is 4.90 Å². The molecule has 1 heterocycles. The van der Waals surface area contributed by atoms with E-state index in [4.69, 9.17) is 14.3 Å². The van der Waals surface area contributed by atoms with E-state index < -0.39 is 16.0 Å². The third-order valence-corrected chi connectivity index (χ3v) is 3.45. The van der Waals surface area contributed by atoms with Crippen LogP contribution in [0.1, 0.15) is 10.6 Å². The Hall–Kier alpha value is -0.900. The van der Waals surface area contributed by atoms with E-state index in [-0.39, 0.29) is 28.5 Å². The second kappa shape index (κ2) is 5.63. The van der Waals surface area contributed by atoms with E-state index in [1.807, 2.05) is 0 Å². The number of primary sulfonamides is 1. The van der Waals surface area contributed by atoms with Gasteiger partial charge in [0.05, 0.1) is 6.61 Å². The smallest absolute Gasteiger partial charge is 0.374 e. The largest absolute Gasteiger partial charge is 0.457 e. The van der Waals surface area contributed by atoms with Crippen molar-refractivity contribution < 1.29 is 27.1 Å². The van der Waals surface area contributed by atoms with Gasteiger partial charge >= 0.3 is 5.97 Å². The Labute approximate surface area is 106 Å². The summed E-state index contributed by atoms with van der Waals surface area (Å²) < 4.78 is 36.3. The second-order valence-electron chi connectivity index (χ2n) is 2.92. The molecule has 9 heteroatoms. The van der Waals surface area contributed by atoms with E-state index in [0.717, 1.165) is 6.07 Å². The Morgan fingerprint density at radius 2 is 2.18 bits per heavy atom. The fourth-order valence-corrected chi connectivity index (χ4v) is 2.44. The number of esters is 1. The highest BCUT2D eigenvalue weighted by Gasteiger charge is 2.22. The van der Waals surface area contributed by atoms with Crippen LogP contribution in [-0.2, 0) is 19.5 Å². The van der Waals surface area contributed by atoms with Crippen molar-refractivity contribution in [1.82, 2.24) is 0 Å². The first-order chi connectivity index (χ1) is 7.86. The van der Waals surface area contributed by atoms with Crippen LogP contribution in [0.2, 0.25) is 0 Å². The molecule has 7 nitrogen and oxygen atoms in total. The van der Waals surface area contributed by atoms with E-state index in [9.17, 15) is 13.2 Å². The van der Waals surface area contributed by atoms with Crippen LogP contribution in [0.25, 0.3) is 0 Å². The van der Waals surface area contributed by atoms with Gasteiger partial charge in [0.1, 0.15) is 11.5 Å². The van der Waals surface area contributed by atoms with Crippen molar-refractivity contribution in [1.29, 1.82) is 0 Å². The lowest BCUT2D eigenvalue weighted by Gasteiger charge is -2.00. The van der Waals surface area contributed by atoms with E-state index in [0.29, 0.717) is 0 Å². The standard InChI is InChI=1S/C8H10BrNO6S/c1-14-2-3-15-8(11)5-4-6(7(9)16-5)17(10,12)13/h4H,2-3H2,1H3,(H2,10,12,13). The number of hydrogen-bond donors (Lipinski definition) is 1. The summed E-state index contributed by atoms with van der Waals surface area (Å²) in [5, 5.41) is 4.90. The zero-order valence-corrected chi connectivity index (χ0v) is 11.2. The highest BCUT2D eigenvalue weighted by atomic mass is 79.9. The van der Waals surface area contributed by atoms with Gasteiger partial charge in [0, 0.05) is 13.2 Å². The predicted octanol–water partition coefficient (Wildman–Crippen LogP) is 0.493. The van der Waals surface area contributed by atoms with Gasteiger partial charge in [0.2, 0.25) is 15.8 Å². The average molecular weight is 328 g/mol. The molecular formula is C8H10BrNO6S. The van der Waals surface area contributed by atoms with Crippen molar-refractivity contribution in [3.8, 4) is 0 Å². The summed E-state index contributed by atoms with van der Waals surface area (Å²) >= 11 is 2.84. The minimum absolute atomic E-state index is 0.0400. The van der Waals surface area contributed by atoms with Crippen molar-refractivity contribution in [2.24, 2.45) is 5.14 Å². The highest BCUT2D eigenvalue weighted by molar-refractivity contribution is 9.10. The maximum absolute atomic E-state index is 11.4. The van der Waals surface area contributed by atoms with Crippen LogP contribution in [0.5, 0.6) is 0 Å². The third-order valence-electron chi connectivity index (χ3n) is 1.68. The molecule has 1 aromatic heterocycles. The molecular weight excluding hydrogens is 318 g/mol. The summed E-state index contributed by atoms with van der Waals surface area (Å²) in [4.78, 5) is 11.1. The molecule has 17 heavy (non-hydrogen) atoms. The maximum Gasteiger partial charge on any atom is 0.374 e. The third kappa shape index (κ3) is 3.80. The highest BCUT2D eigenvalue weighted by Crippen LogP contribution is 2.25. The minimum Gasteiger partial charge on any atom is -0.457 e. The van der Waals surface area contributed by atoms with Gasteiger partial charge in [-0.1, -0.05) is 0 Å². The van der Waals surface area contributed by atoms with Gasteiger partial charge in [-0.3, -0.25) is 0 Å². The summed E-state index contributed by atoms with van der Waals surface area (Å²) in [6, 6.07) is 0.995. The van der Waals surface area contributed by atoms with Gasteiger partial charge in [0.25, 0.3) is 0 Å². The molecule has 1 rings (SSSR count). The second-order valence-corrected chi connectivity index (χ2v) is 5.17. The predicted molar refractivity (Wildman–Crippen MR) is 59.9 cm³/mol. The number of nitrogens with two attached hydrogens (primary N) is 1. The fraction of sp³-hybridized carbons (Fsp3) is 0.375. The monoisotopic (exact) mass is 327 g/mol. The lowest BCUT2D eigenvalue weighted by Crippen LogP contribution is -2.12. The van der Waals surface area contributed by atoms with Gasteiger partial charge in [-0.25, -0.2) is 18.4 Å². The van der Waals surface area contributed by atoms with Crippen LogP contribution < -0.4 is 5.14 Å². The summed E-state index contributed by atoms with van der Waals surface area (Å²) in [5.41, 5.74) is 0. The Morgan fingerprint density at radius 3 is 2.65 bits per heavy atom. The van der Waals surface area contributed by atoms with Crippen molar-refractivity contribution in [3.05, 3.63) is 16.5 Å². The van der Waals surface area contributed by atoms with Gasteiger partial charge in [-0.15, -0.1) is 0 Å². The molecule has 0 radical (unpaired) electrons. The number of halogens is 1. The molecule has 96 valence electrons. The Bertz CT molecular complexity index is 508. The molecule has 0 aliphatic heterocycles. The number of carbonyl (C=O) groups excluding carboxylic acids is 1. The number of sulfonamides is 1. The molecule has 0 saturated heterocycles. The summed E-state index contributed by atoms with van der Waals surface area (Å²) in [5.74, 6) is -1.05. The first-order valence-electron chi connectivity index (χ1n) is 4.34. The summed E-state index contributed by atoms with van der Waals surface area (Å²) in [6.45, 7) is 0.272. The number of furan rings is 1. The van der Waals surface area contributed by atoms with Crippen LogP contribution >= 0.6 is 15.9 Å². The lowest BCUT2D eigenvalue weighted by atomic mass is 10.4. The van der Waals surface area contributed by atoms with Crippen LogP contribution in [0.3, 0.4) is 0 Å². The molecule has 0 spiro atoms. The normalized spacial score (nSPS) is 11.5. The molecule has 0 saturated carbocycles. The molecule has 0 aliphatic carbocycles. The van der Waals surface area contributed by atoms with Gasteiger partial charge in [-0.05, 0) is 15.9 Å². The molecule has 0 atom stereocenters. The van der Waals surface area contributed by atoms with Gasteiger partial charge in [0.15, 0.2) is 4.67 Å². The number of hydrogen-bond acceptors (Lipinski definition) is 6. The van der Waals surface area contributed by atoms with Crippen LogP contribution in [0.15, 0.2) is 20.0 Å². The number of ether oxygens (including phenoxy) is 2. The first kappa shape index (κ1) is 14.2. The van der Waals surface area contributed by atoms with Crippen LogP contribution in [0.4, 0.5) is 0 Å². The minimum atomic E-state index is -3.94. The summed E-state index contributed by atoms with van der Waals surface area (Å²) in [6.07, 6.45) is 0. The lowest BCUT2D eigenvalue weighted by molar-refractivity contribution is 0.0353. The SMILES string of the molecule is COCCOC(=O)c1cc(S(N)(=O)=O)c(Br)o1. The quantitative estimate of drug-likeness (QED) is 0.622. The van der Waals surface area contributed by atoms with Crippen LogP contribution in [0, 0.1) is 0 Å². The molecule has 0 aliphatic rings. The first-order valence-corrected chi connectivity index (χ1v) is 6.68. The molecule has 0 aromatic carbocycles. The van der Waals surface area contributed by atoms with Crippen LogP contribution in [-0.4, -0.2) is 34.7 Å². The number of rotatable bonds is 5. The number of methoxy groups -OCH3 is 1. The van der Waals surface area contributed by atoms with E-state index in [2.05, 4.69) is 20.7 Å². The molecule has 0 fully saturated rings. The summed E-state index contributed by atoms with van der Waals surface area (Å²) in [7, 11) is -2.49. The fourth-order valence-electron chi connectivity index (χ4n) is 0.936. The molecule has 0 unspecified atom stereocenters. The van der Waals surface area contributed by atoms with E-state index in [1.54, 1.807) is 0 Å².